The summed E-state index contributed by atoms with van der Waals surface area (Å²) < 4.78 is 0. The summed E-state index contributed by atoms with van der Waals surface area (Å²) in [5.74, 6) is 0.682. The zero-order chi connectivity index (χ0) is 11.1. The molecule has 0 saturated heterocycles. The van der Waals surface area contributed by atoms with Crippen LogP contribution in [0.4, 0.5) is 0 Å². The Hall–Kier alpha value is -0.380. The average molecular weight is 226 g/mol. The van der Waals surface area contributed by atoms with Gasteiger partial charge in [0.15, 0.2) is 0 Å². The van der Waals surface area contributed by atoms with Crippen molar-refractivity contribution in [2.75, 3.05) is 13.1 Å². The van der Waals surface area contributed by atoms with Crippen LogP contribution in [0.25, 0.3) is 0 Å². The van der Waals surface area contributed by atoms with Crippen molar-refractivity contribution < 1.29 is 0 Å². The molecule has 3 heteroatoms. The van der Waals surface area contributed by atoms with Crippen LogP contribution < -0.4 is 11.1 Å². The molecule has 86 valence electrons. The Morgan fingerprint density at radius 3 is 2.80 bits per heavy atom. The Labute approximate surface area is 96.9 Å². The number of hydrogen-bond donors (Lipinski definition) is 2. The van der Waals surface area contributed by atoms with E-state index in [1.54, 1.807) is 11.3 Å². The highest BCUT2D eigenvalue weighted by Crippen LogP contribution is 2.13. The second-order valence-electron chi connectivity index (χ2n) is 4.06. The van der Waals surface area contributed by atoms with E-state index in [2.05, 4.69) is 29.9 Å². The van der Waals surface area contributed by atoms with Gasteiger partial charge in [0.25, 0.3) is 0 Å². The van der Waals surface area contributed by atoms with E-state index in [1.165, 1.54) is 24.0 Å². The van der Waals surface area contributed by atoms with Crippen molar-refractivity contribution in [2.24, 2.45) is 11.7 Å². The van der Waals surface area contributed by atoms with Crippen molar-refractivity contribution in [1.82, 2.24) is 5.32 Å². The number of thiophene rings is 1. The summed E-state index contributed by atoms with van der Waals surface area (Å²) in [5.41, 5.74) is 8.49. The quantitative estimate of drug-likeness (QED) is 0.701. The molecule has 0 aromatic carbocycles. The largest absolute Gasteiger partial charge is 0.330 e. The Morgan fingerprint density at radius 1 is 1.47 bits per heavy atom. The molecule has 1 aromatic heterocycles. The van der Waals surface area contributed by atoms with Crippen molar-refractivity contribution in [2.45, 2.75) is 33.2 Å². The molecule has 2 nitrogen and oxygen atoms in total. The molecular weight excluding hydrogens is 204 g/mol. The second kappa shape index (κ2) is 6.99. The van der Waals surface area contributed by atoms with Gasteiger partial charge in [0.2, 0.25) is 0 Å². The molecule has 1 aromatic rings. The number of nitrogens with one attached hydrogen (secondary N) is 1. The minimum Gasteiger partial charge on any atom is -0.330 e. The van der Waals surface area contributed by atoms with Crippen LogP contribution >= 0.6 is 11.3 Å². The fourth-order valence-electron chi connectivity index (χ4n) is 1.59. The molecule has 0 aliphatic rings. The van der Waals surface area contributed by atoms with Crippen molar-refractivity contribution in [1.29, 1.82) is 0 Å². The third-order valence-electron chi connectivity index (χ3n) is 2.92. The summed E-state index contributed by atoms with van der Waals surface area (Å²) in [5, 5.41) is 7.90. The van der Waals surface area contributed by atoms with Crippen LogP contribution in [0.15, 0.2) is 10.8 Å². The van der Waals surface area contributed by atoms with Gasteiger partial charge in [-0.15, -0.1) is 0 Å². The number of rotatable bonds is 7. The lowest BCUT2D eigenvalue weighted by Gasteiger charge is -2.12. The topological polar surface area (TPSA) is 38.0 Å². The van der Waals surface area contributed by atoms with Gasteiger partial charge in [-0.1, -0.05) is 13.3 Å². The molecule has 0 radical (unpaired) electrons. The first-order valence-corrected chi connectivity index (χ1v) is 6.64. The summed E-state index contributed by atoms with van der Waals surface area (Å²) in [6.07, 6.45) is 2.38. The van der Waals surface area contributed by atoms with E-state index in [4.69, 9.17) is 5.73 Å². The first kappa shape index (κ1) is 12.7. The van der Waals surface area contributed by atoms with E-state index in [0.29, 0.717) is 5.92 Å². The highest BCUT2D eigenvalue weighted by Gasteiger charge is 2.03. The van der Waals surface area contributed by atoms with Gasteiger partial charge in [-0.2, -0.15) is 11.3 Å². The molecule has 0 amide bonds. The van der Waals surface area contributed by atoms with E-state index >= 15 is 0 Å². The predicted octanol–water partition coefficient (Wildman–Crippen LogP) is 2.52. The molecule has 0 saturated carbocycles. The van der Waals surface area contributed by atoms with E-state index < -0.39 is 0 Å². The summed E-state index contributed by atoms with van der Waals surface area (Å²) in [4.78, 5) is 0. The standard InChI is InChI=1S/C12H22N2S/c1-3-11(6-13)4-5-14-7-12-9-15-8-10(12)2/h8-9,11,14H,3-7,13H2,1-2H3. The monoisotopic (exact) mass is 226 g/mol. The average Bonchev–Trinajstić information content (AvgIpc) is 2.65. The van der Waals surface area contributed by atoms with E-state index in [0.717, 1.165) is 19.6 Å². The lowest BCUT2D eigenvalue weighted by atomic mass is 10.0. The summed E-state index contributed by atoms with van der Waals surface area (Å²) in [7, 11) is 0. The Bertz CT molecular complexity index is 266. The molecule has 3 N–H and O–H groups in total. The molecule has 0 aliphatic carbocycles. The van der Waals surface area contributed by atoms with Crippen molar-refractivity contribution >= 4 is 11.3 Å². The zero-order valence-corrected chi connectivity index (χ0v) is 10.6. The minimum absolute atomic E-state index is 0.682. The summed E-state index contributed by atoms with van der Waals surface area (Å²) >= 11 is 1.78. The molecule has 0 fully saturated rings. The number of hydrogen-bond acceptors (Lipinski definition) is 3. The van der Waals surface area contributed by atoms with Gasteiger partial charge in [0, 0.05) is 6.54 Å². The SMILES string of the molecule is CCC(CN)CCNCc1cscc1C. The molecule has 0 bridgehead atoms. The third-order valence-corrected chi connectivity index (χ3v) is 3.83. The fraction of sp³-hybridized carbons (Fsp3) is 0.667. The van der Waals surface area contributed by atoms with Crippen LogP contribution in [0.5, 0.6) is 0 Å². The molecular formula is C12H22N2S. The molecule has 1 atom stereocenters. The highest BCUT2D eigenvalue weighted by molar-refractivity contribution is 7.08. The van der Waals surface area contributed by atoms with Crippen LogP contribution in [0.2, 0.25) is 0 Å². The normalized spacial score (nSPS) is 13.0. The van der Waals surface area contributed by atoms with Crippen LogP contribution in [0.3, 0.4) is 0 Å². The highest BCUT2D eigenvalue weighted by atomic mass is 32.1. The fourth-order valence-corrected chi connectivity index (χ4v) is 2.44. The van der Waals surface area contributed by atoms with Crippen LogP contribution in [0.1, 0.15) is 30.9 Å². The number of aryl methyl sites for hydroxylation is 1. The van der Waals surface area contributed by atoms with Crippen LogP contribution in [-0.4, -0.2) is 13.1 Å². The summed E-state index contributed by atoms with van der Waals surface area (Å²) in [6, 6.07) is 0. The van der Waals surface area contributed by atoms with E-state index in [1.807, 2.05) is 0 Å². The van der Waals surface area contributed by atoms with Crippen molar-refractivity contribution in [3.8, 4) is 0 Å². The molecule has 0 spiro atoms. The Morgan fingerprint density at radius 2 is 2.27 bits per heavy atom. The Kier molecular flexibility index (Phi) is 5.91. The molecule has 1 heterocycles. The summed E-state index contributed by atoms with van der Waals surface area (Å²) in [6.45, 7) is 7.26. The first-order valence-electron chi connectivity index (χ1n) is 5.70. The van der Waals surface area contributed by atoms with Gasteiger partial charge in [-0.3, -0.25) is 0 Å². The first-order chi connectivity index (χ1) is 7.27. The Balaban J connectivity index is 2.14. The third kappa shape index (κ3) is 4.33. The van der Waals surface area contributed by atoms with Gasteiger partial charge >= 0.3 is 0 Å². The molecule has 15 heavy (non-hydrogen) atoms. The van der Waals surface area contributed by atoms with Crippen LogP contribution in [-0.2, 0) is 6.54 Å². The lowest BCUT2D eigenvalue weighted by molar-refractivity contribution is 0.460. The van der Waals surface area contributed by atoms with Gasteiger partial charge in [0.1, 0.15) is 0 Å². The van der Waals surface area contributed by atoms with Crippen molar-refractivity contribution in [3.05, 3.63) is 21.9 Å². The van der Waals surface area contributed by atoms with E-state index in [9.17, 15) is 0 Å². The maximum Gasteiger partial charge on any atom is 0.0216 e. The lowest BCUT2D eigenvalue weighted by Crippen LogP contribution is -2.21. The minimum atomic E-state index is 0.682. The number of nitrogens with two attached hydrogens (primary N) is 1. The van der Waals surface area contributed by atoms with Crippen molar-refractivity contribution in [3.63, 3.8) is 0 Å². The van der Waals surface area contributed by atoms with Gasteiger partial charge in [-0.05, 0) is 54.2 Å². The molecule has 1 rings (SSSR count). The smallest absolute Gasteiger partial charge is 0.0216 e. The van der Waals surface area contributed by atoms with Crippen LogP contribution in [0, 0.1) is 12.8 Å². The second-order valence-corrected chi connectivity index (χ2v) is 4.80. The van der Waals surface area contributed by atoms with Gasteiger partial charge in [-0.25, -0.2) is 0 Å². The van der Waals surface area contributed by atoms with Gasteiger partial charge < -0.3 is 11.1 Å². The van der Waals surface area contributed by atoms with E-state index in [-0.39, 0.29) is 0 Å². The predicted molar refractivity (Wildman–Crippen MR) is 68.2 cm³/mol. The maximum absolute atomic E-state index is 5.66. The zero-order valence-electron chi connectivity index (χ0n) is 9.75. The maximum atomic E-state index is 5.66. The molecule has 0 aliphatic heterocycles. The molecule has 1 unspecified atom stereocenters. The van der Waals surface area contributed by atoms with Gasteiger partial charge in [0.05, 0.1) is 0 Å².